The summed E-state index contributed by atoms with van der Waals surface area (Å²) in [6.45, 7) is 3.84. The van der Waals surface area contributed by atoms with Gasteiger partial charge < -0.3 is 20.6 Å². The number of aromatic hydroxyl groups is 1. The fraction of sp³-hybridized carbons (Fsp3) is 0.300. The number of nitrogens with zero attached hydrogens (tertiary/aromatic N) is 2. The first-order valence-electron chi connectivity index (χ1n) is 8.65. The molecule has 0 spiro atoms. The fourth-order valence-corrected chi connectivity index (χ4v) is 3.03. The van der Waals surface area contributed by atoms with Gasteiger partial charge in [-0.1, -0.05) is 29.8 Å². The van der Waals surface area contributed by atoms with Gasteiger partial charge in [0, 0.05) is 31.7 Å². The molecule has 2 amide bonds. The van der Waals surface area contributed by atoms with Gasteiger partial charge in [-0.05, 0) is 36.8 Å². The zero-order valence-electron chi connectivity index (χ0n) is 14.8. The Morgan fingerprint density at radius 1 is 0.923 bits per heavy atom. The molecule has 0 bridgehead atoms. The maximum atomic E-state index is 12.6. The lowest BCUT2D eigenvalue weighted by Gasteiger charge is -2.36. The van der Waals surface area contributed by atoms with Gasteiger partial charge in [0.05, 0.1) is 0 Å². The standard InChI is InChI=1S/C20H23N3O3/c1-14-2-4-15(5-3-14)18(21)20(26)23-12-10-22(11-13-23)19(25)16-6-8-17(24)9-7-16/h2-9,18,24H,10-13,21H2,1H3. The van der Waals surface area contributed by atoms with Crippen LogP contribution in [0.3, 0.4) is 0 Å². The van der Waals surface area contributed by atoms with E-state index in [4.69, 9.17) is 5.73 Å². The molecule has 1 aliphatic rings. The molecule has 136 valence electrons. The van der Waals surface area contributed by atoms with Crippen molar-refractivity contribution in [3.8, 4) is 5.75 Å². The third kappa shape index (κ3) is 3.86. The molecule has 26 heavy (non-hydrogen) atoms. The zero-order chi connectivity index (χ0) is 18.7. The van der Waals surface area contributed by atoms with Crippen LogP contribution >= 0.6 is 0 Å². The number of nitrogens with two attached hydrogens (primary N) is 1. The molecule has 3 rings (SSSR count). The second-order valence-corrected chi connectivity index (χ2v) is 6.55. The Bertz CT molecular complexity index is 779. The highest BCUT2D eigenvalue weighted by Crippen LogP contribution is 2.17. The average molecular weight is 353 g/mol. The molecular formula is C20H23N3O3. The van der Waals surface area contributed by atoms with E-state index in [1.54, 1.807) is 21.9 Å². The third-order valence-corrected chi connectivity index (χ3v) is 4.70. The van der Waals surface area contributed by atoms with Crippen LogP contribution in [0.2, 0.25) is 0 Å². The molecule has 2 aromatic rings. The maximum Gasteiger partial charge on any atom is 0.253 e. The number of rotatable bonds is 3. The lowest BCUT2D eigenvalue weighted by molar-refractivity contribution is -0.134. The first kappa shape index (κ1) is 17.9. The van der Waals surface area contributed by atoms with Crippen LogP contribution in [0.15, 0.2) is 48.5 Å². The number of piperazine rings is 1. The van der Waals surface area contributed by atoms with Gasteiger partial charge in [-0.2, -0.15) is 0 Å². The maximum absolute atomic E-state index is 12.6. The van der Waals surface area contributed by atoms with Gasteiger partial charge in [-0.15, -0.1) is 0 Å². The van der Waals surface area contributed by atoms with E-state index in [9.17, 15) is 14.7 Å². The van der Waals surface area contributed by atoms with Crippen molar-refractivity contribution < 1.29 is 14.7 Å². The molecule has 0 aliphatic carbocycles. The molecule has 1 unspecified atom stereocenters. The number of amides is 2. The van der Waals surface area contributed by atoms with Gasteiger partial charge in [-0.3, -0.25) is 9.59 Å². The summed E-state index contributed by atoms with van der Waals surface area (Å²) in [7, 11) is 0. The number of phenolic OH excluding ortho intramolecular Hbond substituents is 1. The predicted octanol–water partition coefficient (Wildman–Crippen LogP) is 1.69. The van der Waals surface area contributed by atoms with Gasteiger partial charge in [-0.25, -0.2) is 0 Å². The largest absolute Gasteiger partial charge is 0.508 e. The van der Waals surface area contributed by atoms with Crippen molar-refractivity contribution in [2.24, 2.45) is 5.73 Å². The highest BCUT2D eigenvalue weighted by Gasteiger charge is 2.28. The number of hydrogen-bond donors (Lipinski definition) is 2. The predicted molar refractivity (Wildman–Crippen MR) is 98.7 cm³/mol. The highest BCUT2D eigenvalue weighted by atomic mass is 16.3. The van der Waals surface area contributed by atoms with E-state index in [1.807, 2.05) is 31.2 Å². The van der Waals surface area contributed by atoms with Gasteiger partial charge in [0.15, 0.2) is 0 Å². The Morgan fingerprint density at radius 2 is 1.46 bits per heavy atom. The lowest BCUT2D eigenvalue weighted by atomic mass is 10.0. The SMILES string of the molecule is Cc1ccc(C(N)C(=O)N2CCN(C(=O)c3ccc(O)cc3)CC2)cc1. The second kappa shape index (κ2) is 7.58. The molecule has 0 aromatic heterocycles. The molecule has 1 aliphatic heterocycles. The summed E-state index contributed by atoms with van der Waals surface area (Å²) in [5.74, 6) is -0.0902. The first-order valence-corrected chi connectivity index (χ1v) is 8.65. The monoisotopic (exact) mass is 353 g/mol. The summed E-state index contributed by atoms with van der Waals surface area (Å²) in [5, 5.41) is 9.32. The Morgan fingerprint density at radius 3 is 2.04 bits per heavy atom. The van der Waals surface area contributed by atoms with Crippen LogP contribution in [0.5, 0.6) is 5.75 Å². The van der Waals surface area contributed by atoms with Crippen molar-refractivity contribution >= 4 is 11.8 Å². The molecule has 2 aromatic carbocycles. The number of aryl methyl sites for hydroxylation is 1. The topological polar surface area (TPSA) is 86.9 Å². The molecule has 3 N–H and O–H groups in total. The smallest absolute Gasteiger partial charge is 0.253 e. The Labute approximate surface area is 152 Å². The molecule has 0 radical (unpaired) electrons. The first-order chi connectivity index (χ1) is 12.5. The van der Waals surface area contributed by atoms with Crippen LogP contribution < -0.4 is 5.73 Å². The number of benzene rings is 2. The molecular weight excluding hydrogens is 330 g/mol. The zero-order valence-corrected chi connectivity index (χ0v) is 14.8. The molecule has 1 fully saturated rings. The minimum atomic E-state index is -0.685. The van der Waals surface area contributed by atoms with Crippen molar-refractivity contribution in [1.29, 1.82) is 0 Å². The minimum Gasteiger partial charge on any atom is -0.508 e. The Balaban J connectivity index is 1.59. The van der Waals surface area contributed by atoms with E-state index in [0.717, 1.165) is 11.1 Å². The van der Waals surface area contributed by atoms with Gasteiger partial charge in [0.1, 0.15) is 11.8 Å². The van der Waals surface area contributed by atoms with Crippen molar-refractivity contribution in [3.63, 3.8) is 0 Å². The number of hydrogen-bond acceptors (Lipinski definition) is 4. The summed E-state index contributed by atoms with van der Waals surface area (Å²) < 4.78 is 0. The number of phenols is 1. The molecule has 6 heteroatoms. The van der Waals surface area contributed by atoms with E-state index in [0.29, 0.717) is 31.7 Å². The Hall–Kier alpha value is -2.86. The van der Waals surface area contributed by atoms with Crippen LogP contribution in [0.25, 0.3) is 0 Å². The quantitative estimate of drug-likeness (QED) is 0.879. The van der Waals surface area contributed by atoms with Gasteiger partial charge in [0.2, 0.25) is 5.91 Å². The second-order valence-electron chi connectivity index (χ2n) is 6.55. The van der Waals surface area contributed by atoms with Crippen LogP contribution in [-0.2, 0) is 4.79 Å². The van der Waals surface area contributed by atoms with E-state index in [2.05, 4.69) is 0 Å². The summed E-state index contributed by atoms with van der Waals surface area (Å²) >= 11 is 0. The molecule has 1 atom stereocenters. The fourth-order valence-electron chi connectivity index (χ4n) is 3.03. The highest BCUT2D eigenvalue weighted by molar-refractivity contribution is 5.94. The van der Waals surface area contributed by atoms with Gasteiger partial charge in [0.25, 0.3) is 5.91 Å². The minimum absolute atomic E-state index is 0.0973. The normalized spacial score (nSPS) is 15.6. The Kier molecular flexibility index (Phi) is 5.23. The van der Waals surface area contributed by atoms with E-state index in [1.165, 1.54) is 12.1 Å². The van der Waals surface area contributed by atoms with Crippen LogP contribution in [0, 0.1) is 6.92 Å². The van der Waals surface area contributed by atoms with E-state index < -0.39 is 6.04 Å². The molecule has 6 nitrogen and oxygen atoms in total. The summed E-state index contributed by atoms with van der Waals surface area (Å²) in [5.41, 5.74) is 8.57. The third-order valence-electron chi connectivity index (χ3n) is 4.70. The number of carbonyl (C=O) groups is 2. The van der Waals surface area contributed by atoms with Crippen LogP contribution in [-0.4, -0.2) is 52.9 Å². The van der Waals surface area contributed by atoms with E-state index >= 15 is 0 Å². The van der Waals surface area contributed by atoms with Gasteiger partial charge >= 0.3 is 0 Å². The summed E-state index contributed by atoms with van der Waals surface area (Å²) in [4.78, 5) is 28.6. The summed E-state index contributed by atoms with van der Waals surface area (Å²) in [6.07, 6.45) is 0. The summed E-state index contributed by atoms with van der Waals surface area (Å²) in [6, 6.07) is 13.1. The average Bonchev–Trinajstić information content (AvgIpc) is 2.67. The lowest BCUT2D eigenvalue weighted by Crippen LogP contribution is -2.52. The van der Waals surface area contributed by atoms with Crippen molar-refractivity contribution in [2.75, 3.05) is 26.2 Å². The van der Waals surface area contributed by atoms with Crippen LogP contribution in [0.4, 0.5) is 0 Å². The molecule has 1 heterocycles. The molecule has 1 saturated heterocycles. The van der Waals surface area contributed by atoms with Crippen LogP contribution in [0.1, 0.15) is 27.5 Å². The number of carbonyl (C=O) groups excluding carboxylic acids is 2. The molecule has 0 saturated carbocycles. The van der Waals surface area contributed by atoms with E-state index in [-0.39, 0.29) is 17.6 Å². The van der Waals surface area contributed by atoms with Crippen molar-refractivity contribution in [3.05, 3.63) is 65.2 Å². The van der Waals surface area contributed by atoms with Crippen molar-refractivity contribution in [2.45, 2.75) is 13.0 Å². The van der Waals surface area contributed by atoms with Crippen molar-refractivity contribution in [1.82, 2.24) is 9.80 Å².